The topological polar surface area (TPSA) is 184 Å². The van der Waals surface area contributed by atoms with Crippen LogP contribution in [0.5, 0.6) is 5.75 Å². The molecule has 2 aliphatic heterocycles. The summed E-state index contributed by atoms with van der Waals surface area (Å²) in [5.41, 5.74) is 3.98. The summed E-state index contributed by atoms with van der Waals surface area (Å²) in [6, 6.07) is 8.15. The lowest BCUT2D eigenvalue weighted by molar-refractivity contribution is -0.119. The van der Waals surface area contributed by atoms with Crippen LogP contribution in [0.2, 0.25) is 0 Å². The number of hydrogen-bond donors (Lipinski definition) is 5. The Labute approximate surface area is 247 Å². The Hall–Kier alpha value is -5.59. The minimum absolute atomic E-state index is 0.00361. The summed E-state index contributed by atoms with van der Waals surface area (Å²) in [5.74, 6) is -1.12. The summed E-state index contributed by atoms with van der Waals surface area (Å²) in [6.45, 7) is 7.21. The first-order valence-corrected chi connectivity index (χ1v) is 13.5. The number of anilines is 1. The van der Waals surface area contributed by atoms with Gasteiger partial charge in [0, 0.05) is 19.3 Å². The van der Waals surface area contributed by atoms with Crippen molar-refractivity contribution >= 4 is 48.1 Å². The summed E-state index contributed by atoms with van der Waals surface area (Å²) in [7, 11) is 0. The van der Waals surface area contributed by atoms with Crippen LogP contribution < -0.4 is 20.3 Å². The van der Waals surface area contributed by atoms with E-state index >= 15 is 0 Å². The number of aliphatic imine (C=N–C) groups is 1. The molecule has 2 amide bonds. The number of hydrazone groups is 1. The van der Waals surface area contributed by atoms with Crippen molar-refractivity contribution in [3.8, 4) is 5.75 Å². The van der Waals surface area contributed by atoms with Crippen molar-refractivity contribution in [1.29, 1.82) is 10.8 Å². The van der Waals surface area contributed by atoms with Gasteiger partial charge in [-0.1, -0.05) is 12.1 Å². The van der Waals surface area contributed by atoms with E-state index in [9.17, 15) is 19.5 Å². The molecule has 2 aromatic carbocycles. The van der Waals surface area contributed by atoms with Gasteiger partial charge in [0.1, 0.15) is 29.6 Å². The molecule has 5 rings (SSSR count). The number of fused-ring (bicyclic) bond motifs is 2. The Morgan fingerprint density at radius 2 is 2.05 bits per heavy atom. The van der Waals surface area contributed by atoms with Crippen molar-refractivity contribution in [1.82, 2.24) is 15.6 Å². The molecule has 220 valence electrons. The number of carboxylic acids is 1. The number of amidine groups is 1. The van der Waals surface area contributed by atoms with Crippen LogP contribution >= 0.6 is 0 Å². The molecule has 0 saturated carbocycles. The number of carbonyl (C=O) groups excluding carboxylic acids is 2. The minimum atomic E-state index is -0.994. The van der Waals surface area contributed by atoms with Gasteiger partial charge in [-0.3, -0.25) is 25.3 Å². The molecule has 2 heterocycles. The van der Waals surface area contributed by atoms with Crippen molar-refractivity contribution in [2.24, 2.45) is 10.1 Å². The van der Waals surface area contributed by atoms with E-state index in [1.807, 2.05) is 0 Å². The molecule has 0 saturated heterocycles. The van der Waals surface area contributed by atoms with Gasteiger partial charge in [0.05, 0.1) is 23.6 Å². The second kappa shape index (κ2) is 11.7. The lowest BCUT2D eigenvalue weighted by atomic mass is 9.98. The first-order valence-electron chi connectivity index (χ1n) is 13.5. The number of rotatable bonds is 8. The van der Waals surface area contributed by atoms with Gasteiger partial charge in [0.15, 0.2) is 5.82 Å². The molecule has 0 aromatic heterocycles. The van der Waals surface area contributed by atoms with Crippen LogP contribution in [0.3, 0.4) is 0 Å². The molecule has 13 nitrogen and oxygen atoms in total. The van der Waals surface area contributed by atoms with E-state index in [0.29, 0.717) is 35.4 Å². The van der Waals surface area contributed by atoms with Crippen LogP contribution in [0.1, 0.15) is 52.0 Å². The standard InChI is InChI=1S/C30H30N8O5/c1-4-27-35-22(28(39)34-13-17-5-10-25-23(11-17)37(15-31)26(32)14-43-25)12-24(38(27)33-3)29(40)36-21-9-8-18-16(2)19(30(41)42)6-7-20(18)21/h4-7,10-12,15,21,31-32H,3,8-9,13-14H2,1-2H3,(H,34,39)(H,36,40)(H,41,42)/b27-4-,31-15?,32-26?. The van der Waals surface area contributed by atoms with Gasteiger partial charge in [-0.05, 0) is 73.2 Å². The van der Waals surface area contributed by atoms with Crippen LogP contribution in [-0.2, 0) is 22.6 Å². The van der Waals surface area contributed by atoms with Gasteiger partial charge in [0.25, 0.3) is 11.8 Å². The number of benzene rings is 2. The minimum Gasteiger partial charge on any atom is -0.483 e. The normalized spacial score (nSPS) is 18.1. The Bertz CT molecular complexity index is 1670. The Morgan fingerprint density at radius 3 is 2.74 bits per heavy atom. The van der Waals surface area contributed by atoms with Crippen molar-refractivity contribution in [2.45, 2.75) is 39.3 Å². The van der Waals surface area contributed by atoms with Gasteiger partial charge in [-0.2, -0.15) is 5.10 Å². The Balaban J connectivity index is 1.34. The van der Waals surface area contributed by atoms with Crippen LogP contribution in [0.15, 0.2) is 64.1 Å². The third-order valence-electron chi connectivity index (χ3n) is 7.57. The molecule has 0 spiro atoms. The summed E-state index contributed by atoms with van der Waals surface area (Å²) in [5, 5.41) is 36.1. The van der Waals surface area contributed by atoms with Crippen molar-refractivity contribution in [3.63, 3.8) is 0 Å². The summed E-state index contributed by atoms with van der Waals surface area (Å²) < 4.78 is 5.54. The number of carbonyl (C=O) groups is 3. The molecular formula is C30H30N8O5. The van der Waals surface area contributed by atoms with Crippen LogP contribution in [0, 0.1) is 17.7 Å². The average molecular weight is 583 g/mol. The van der Waals surface area contributed by atoms with E-state index in [1.54, 1.807) is 50.3 Å². The highest BCUT2D eigenvalue weighted by Gasteiger charge is 2.32. The van der Waals surface area contributed by atoms with E-state index in [2.05, 4.69) is 27.4 Å². The molecule has 0 radical (unpaired) electrons. The molecule has 1 atom stereocenters. The largest absolute Gasteiger partial charge is 0.483 e. The van der Waals surface area contributed by atoms with Crippen molar-refractivity contribution < 1.29 is 24.2 Å². The molecule has 3 aliphatic rings. The lowest BCUT2D eigenvalue weighted by Crippen LogP contribution is -2.39. The summed E-state index contributed by atoms with van der Waals surface area (Å²) >= 11 is 0. The lowest BCUT2D eigenvalue weighted by Gasteiger charge is -2.28. The van der Waals surface area contributed by atoms with Gasteiger partial charge >= 0.3 is 5.97 Å². The fourth-order valence-electron chi connectivity index (χ4n) is 5.39. The number of ether oxygens (including phenoxy) is 1. The number of carboxylic acid groups (broad SMARTS) is 1. The third-order valence-corrected chi connectivity index (χ3v) is 7.57. The predicted octanol–water partition coefficient (Wildman–Crippen LogP) is 3.01. The zero-order chi connectivity index (χ0) is 30.8. The van der Waals surface area contributed by atoms with E-state index < -0.39 is 17.8 Å². The van der Waals surface area contributed by atoms with Crippen LogP contribution in [0.4, 0.5) is 5.69 Å². The van der Waals surface area contributed by atoms with Crippen LogP contribution in [-0.4, -0.2) is 59.1 Å². The highest BCUT2D eigenvalue weighted by Crippen LogP contribution is 2.35. The Kier molecular flexibility index (Phi) is 7.88. The van der Waals surface area contributed by atoms with E-state index in [1.165, 1.54) is 16.0 Å². The number of nitrogens with zero attached hydrogens (tertiary/aromatic N) is 4. The number of hydrogen-bond acceptors (Lipinski definition) is 9. The Morgan fingerprint density at radius 1 is 1.26 bits per heavy atom. The third kappa shape index (κ3) is 5.39. The zero-order valence-corrected chi connectivity index (χ0v) is 23.6. The first kappa shape index (κ1) is 28.9. The highest BCUT2D eigenvalue weighted by molar-refractivity contribution is 6.44. The zero-order valence-electron chi connectivity index (χ0n) is 23.6. The second-order valence-electron chi connectivity index (χ2n) is 10.0. The van der Waals surface area contributed by atoms with Crippen molar-refractivity contribution in [2.75, 3.05) is 11.5 Å². The molecule has 43 heavy (non-hydrogen) atoms. The molecular weight excluding hydrogens is 552 g/mol. The fraction of sp³-hybridized carbons (Fsp3) is 0.233. The smallest absolute Gasteiger partial charge is 0.335 e. The molecule has 2 aromatic rings. The quantitative estimate of drug-likeness (QED) is 0.234. The predicted molar refractivity (Wildman–Crippen MR) is 161 cm³/mol. The second-order valence-corrected chi connectivity index (χ2v) is 10.0. The maximum absolute atomic E-state index is 13.6. The molecule has 0 fully saturated rings. The number of allylic oxidation sites excluding steroid dienone is 1. The monoisotopic (exact) mass is 582 g/mol. The molecule has 13 heteroatoms. The number of nitrogens with one attached hydrogen (secondary N) is 4. The first-order chi connectivity index (χ1) is 20.7. The van der Waals surface area contributed by atoms with E-state index in [-0.39, 0.29) is 47.8 Å². The van der Waals surface area contributed by atoms with Gasteiger partial charge in [-0.15, -0.1) is 0 Å². The highest BCUT2D eigenvalue weighted by atomic mass is 16.5. The van der Waals surface area contributed by atoms with Gasteiger partial charge in [0.2, 0.25) is 0 Å². The fourth-order valence-corrected chi connectivity index (χ4v) is 5.39. The molecule has 5 N–H and O–H groups in total. The van der Waals surface area contributed by atoms with E-state index in [0.717, 1.165) is 17.5 Å². The van der Waals surface area contributed by atoms with Crippen LogP contribution in [0.25, 0.3) is 0 Å². The van der Waals surface area contributed by atoms with Crippen molar-refractivity contribution in [3.05, 3.63) is 81.8 Å². The summed E-state index contributed by atoms with van der Waals surface area (Å²) in [6.07, 6.45) is 5.21. The number of aromatic carboxylic acids is 1. The van der Waals surface area contributed by atoms with E-state index in [4.69, 9.17) is 15.6 Å². The molecule has 1 aliphatic carbocycles. The summed E-state index contributed by atoms with van der Waals surface area (Å²) in [4.78, 5) is 44.1. The number of amides is 2. The maximum Gasteiger partial charge on any atom is 0.335 e. The molecule has 1 unspecified atom stereocenters. The molecule has 0 bridgehead atoms. The van der Waals surface area contributed by atoms with Gasteiger partial charge < -0.3 is 20.5 Å². The SMILES string of the molecule is C=NN1C(C(=O)NC2CCc3c2ccc(C(=O)O)c3C)=CC(C(=O)NCc2ccc3c(c2)N(C=N)C(=N)CO3)=N/C1=C/C. The maximum atomic E-state index is 13.6. The van der Waals surface area contributed by atoms with Gasteiger partial charge in [-0.25, -0.2) is 14.8 Å². The average Bonchev–Trinajstić information content (AvgIpc) is 3.42.